The van der Waals surface area contributed by atoms with Gasteiger partial charge in [-0.3, -0.25) is 9.59 Å². The number of hydrogen-bond donors (Lipinski definition) is 6. The molecule has 6 rings (SSSR count). The fourth-order valence-corrected chi connectivity index (χ4v) is 5.26. The number of aromatic nitrogens is 4. The third-order valence-electron chi connectivity index (χ3n) is 7.57. The molecule has 0 saturated heterocycles. The van der Waals surface area contributed by atoms with Crippen LogP contribution in [0.3, 0.4) is 0 Å². The third-order valence-corrected chi connectivity index (χ3v) is 7.57. The molecule has 6 N–H and O–H groups in total. The largest absolute Gasteiger partial charge is 0.506 e. The van der Waals surface area contributed by atoms with Crippen LogP contribution >= 0.6 is 0 Å². The number of H-pyrrole nitrogens is 2. The molecule has 0 fully saturated rings. The second-order valence-corrected chi connectivity index (χ2v) is 10.4. The van der Waals surface area contributed by atoms with Crippen LogP contribution in [-0.4, -0.2) is 54.3 Å². The predicted molar refractivity (Wildman–Crippen MR) is 157 cm³/mol. The Hall–Kier alpha value is -6.06. The van der Waals surface area contributed by atoms with Crippen molar-refractivity contribution in [1.29, 1.82) is 0 Å². The van der Waals surface area contributed by atoms with Crippen molar-refractivity contribution in [2.45, 2.75) is 17.8 Å². The Morgan fingerprint density at radius 2 is 1.00 bits per heavy atom. The summed E-state index contributed by atoms with van der Waals surface area (Å²) in [6.07, 6.45) is -9.43. The number of amides is 2. The number of imidazole rings is 2. The van der Waals surface area contributed by atoms with Crippen molar-refractivity contribution in [2.24, 2.45) is 0 Å². The molecule has 0 spiro atoms. The SMILES string of the molecule is O=C(Nc1cc(C(c2ccc(O)c(NC(=O)c3ccc4nc[nH]c4c3)c2)(C(F)(F)F)C(F)(F)F)ccc1O)c1ccc2nc[nH]c2c1. The van der Waals surface area contributed by atoms with E-state index < -0.39 is 63.6 Å². The van der Waals surface area contributed by atoms with Gasteiger partial charge in [0.05, 0.1) is 46.1 Å². The fourth-order valence-electron chi connectivity index (χ4n) is 5.26. The Bertz CT molecular complexity index is 2020. The highest BCUT2D eigenvalue weighted by Gasteiger charge is 2.72. The monoisotopic (exact) mass is 654 g/mol. The quantitative estimate of drug-likeness (QED) is 0.0861. The van der Waals surface area contributed by atoms with Gasteiger partial charge in [-0.05, 0) is 71.8 Å². The van der Waals surface area contributed by atoms with Crippen molar-refractivity contribution in [3.8, 4) is 11.5 Å². The maximum Gasteiger partial charge on any atom is 0.411 e. The number of nitrogens with one attached hydrogen (secondary N) is 4. The van der Waals surface area contributed by atoms with Crippen LogP contribution in [0.15, 0.2) is 85.5 Å². The van der Waals surface area contributed by atoms with E-state index in [0.717, 1.165) is 0 Å². The Kier molecular flexibility index (Phi) is 7.29. The molecule has 0 aliphatic rings. The van der Waals surface area contributed by atoms with E-state index in [9.17, 15) is 46.1 Å². The van der Waals surface area contributed by atoms with Crippen LogP contribution in [0.5, 0.6) is 11.5 Å². The summed E-state index contributed by atoms with van der Waals surface area (Å²) in [5.74, 6) is -3.50. The zero-order valence-corrected chi connectivity index (χ0v) is 23.5. The number of rotatable bonds is 6. The molecule has 16 heteroatoms. The topological polar surface area (TPSA) is 156 Å². The van der Waals surface area contributed by atoms with Gasteiger partial charge in [-0.1, -0.05) is 12.1 Å². The lowest BCUT2D eigenvalue weighted by Gasteiger charge is -2.38. The Labute approximate surface area is 259 Å². The van der Waals surface area contributed by atoms with Crippen molar-refractivity contribution in [2.75, 3.05) is 10.6 Å². The Morgan fingerprint density at radius 3 is 1.38 bits per heavy atom. The zero-order valence-electron chi connectivity index (χ0n) is 23.5. The number of nitrogens with zero attached hydrogens (tertiary/aromatic N) is 2. The minimum Gasteiger partial charge on any atom is -0.506 e. The summed E-state index contributed by atoms with van der Waals surface area (Å²) >= 11 is 0. The highest BCUT2D eigenvalue weighted by Crippen LogP contribution is 2.57. The number of carbonyl (C=O) groups is 2. The number of anilines is 2. The van der Waals surface area contributed by atoms with E-state index in [1.54, 1.807) is 0 Å². The molecule has 0 aliphatic heterocycles. The minimum absolute atomic E-state index is 0.0324. The van der Waals surface area contributed by atoms with E-state index in [1.807, 2.05) is 0 Å². The number of alkyl halides is 6. The van der Waals surface area contributed by atoms with E-state index in [-0.39, 0.29) is 11.1 Å². The number of aromatic amines is 2. The molecule has 240 valence electrons. The van der Waals surface area contributed by atoms with Gasteiger partial charge >= 0.3 is 12.4 Å². The summed E-state index contributed by atoms with van der Waals surface area (Å²) in [5.41, 5.74) is -7.28. The number of phenolic OH excluding ortho intramolecular Hbond substituents is 2. The minimum atomic E-state index is -6.07. The highest BCUT2D eigenvalue weighted by atomic mass is 19.4. The molecule has 2 aromatic heterocycles. The van der Waals surface area contributed by atoms with Crippen LogP contribution in [0.1, 0.15) is 31.8 Å². The van der Waals surface area contributed by atoms with Gasteiger partial charge in [0.15, 0.2) is 0 Å². The van der Waals surface area contributed by atoms with Gasteiger partial charge in [-0.25, -0.2) is 9.97 Å². The number of benzene rings is 4. The first-order valence-corrected chi connectivity index (χ1v) is 13.5. The van der Waals surface area contributed by atoms with E-state index in [2.05, 4.69) is 30.6 Å². The fraction of sp³-hybridized carbons (Fsp3) is 0.0968. The van der Waals surface area contributed by atoms with Gasteiger partial charge in [-0.2, -0.15) is 26.3 Å². The maximum absolute atomic E-state index is 15.0. The number of fused-ring (bicyclic) bond motifs is 2. The standard InChI is InChI=1S/C31H20F6N6O4/c32-30(33,34)29(31(35,36)37,17-3-7-25(44)23(11-17)42-27(46)15-1-5-19-21(9-15)40-13-38-19)18-4-8-26(45)24(12-18)43-28(47)16-2-6-20-22(10-16)41-14-39-20/h1-14,44-45H,(H,38,40)(H,39,41)(H,42,46)(H,43,47). The van der Waals surface area contributed by atoms with E-state index >= 15 is 0 Å². The summed E-state index contributed by atoms with van der Waals surface area (Å²) < 4.78 is 89.8. The molecule has 0 atom stereocenters. The van der Waals surface area contributed by atoms with Crippen molar-refractivity contribution in [3.63, 3.8) is 0 Å². The molecular formula is C31H20F6N6O4. The van der Waals surface area contributed by atoms with Crippen LogP contribution in [0, 0.1) is 0 Å². The third kappa shape index (κ3) is 5.32. The molecule has 10 nitrogen and oxygen atoms in total. The van der Waals surface area contributed by atoms with Gasteiger partial charge in [0, 0.05) is 11.1 Å². The first-order chi connectivity index (χ1) is 22.2. The van der Waals surface area contributed by atoms with E-state index in [0.29, 0.717) is 58.5 Å². The lowest BCUT2D eigenvalue weighted by molar-refractivity contribution is -0.288. The summed E-state index contributed by atoms with van der Waals surface area (Å²) in [7, 11) is 0. The number of carbonyl (C=O) groups excluding carboxylic acids is 2. The lowest BCUT2D eigenvalue weighted by Crippen LogP contribution is -2.54. The second kappa shape index (κ2) is 11.1. The molecular weight excluding hydrogens is 634 g/mol. The molecule has 0 saturated carbocycles. The van der Waals surface area contributed by atoms with Gasteiger partial charge < -0.3 is 30.8 Å². The van der Waals surface area contributed by atoms with E-state index in [4.69, 9.17) is 0 Å². The van der Waals surface area contributed by atoms with Crippen LogP contribution in [-0.2, 0) is 5.41 Å². The lowest BCUT2D eigenvalue weighted by atomic mass is 9.72. The molecule has 6 aromatic rings. The first-order valence-electron chi connectivity index (χ1n) is 13.5. The van der Waals surface area contributed by atoms with Gasteiger partial charge in [0.1, 0.15) is 11.5 Å². The van der Waals surface area contributed by atoms with Gasteiger partial charge in [0.25, 0.3) is 11.8 Å². The molecule has 0 aliphatic carbocycles. The molecule has 0 bridgehead atoms. The smallest absolute Gasteiger partial charge is 0.411 e. The molecule has 47 heavy (non-hydrogen) atoms. The molecule has 0 radical (unpaired) electrons. The summed E-state index contributed by atoms with van der Waals surface area (Å²) in [5, 5.41) is 25.1. The number of hydrogen-bond acceptors (Lipinski definition) is 6. The first kappa shape index (κ1) is 30.9. The molecule has 4 aromatic carbocycles. The van der Waals surface area contributed by atoms with Crippen LogP contribution in [0.4, 0.5) is 37.7 Å². The number of phenols is 2. The van der Waals surface area contributed by atoms with Gasteiger partial charge in [-0.15, -0.1) is 0 Å². The van der Waals surface area contributed by atoms with Crippen molar-refractivity contribution in [3.05, 3.63) is 108 Å². The van der Waals surface area contributed by atoms with Crippen molar-refractivity contribution >= 4 is 45.3 Å². The van der Waals surface area contributed by atoms with Crippen molar-refractivity contribution < 1.29 is 46.1 Å². The van der Waals surface area contributed by atoms with Crippen molar-refractivity contribution in [1.82, 2.24) is 19.9 Å². The van der Waals surface area contributed by atoms with Crippen LogP contribution < -0.4 is 10.6 Å². The van der Waals surface area contributed by atoms with E-state index in [1.165, 1.54) is 49.1 Å². The number of aromatic hydroxyl groups is 2. The van der Waals surface area contributed by atoms with Crippen LogP contribution in [0.2, 0.25) is 0 Å². The molecule has 2 heterocycles. The summed E-state index contributed by atoms with van der Waals surface area (Å²) in [6.45, 7) is 0. The summed E-state index contributed by atoms with van der Waals surface area (Å²) in [4.78, 5) is 39.4. The second-order valence-electron chi connectivity index (χ2n) is 10.4. The van der Waals surface area contributed by atoms with Crippen LogP contribution in [0.25, 0.3) is 22.1 Å². The Balaban J connectivity index is 1.42. The Morgan fingerprint density at radius 1 is 0.596 bits per heavy atom. The van der Waals surface area contributed by atoms with Gasteiger partial charge in [0.2, 0.25) is 5.41 Å². The number of halogens is 6. The molecule has 2 amide bonds. The predicted octanol–water partition coefficient (Wildman–Crippen LogP) is 6.77. The zero-order chi connectivity index (χ0) is 33.7. The normalized spacial score (nSPS) is 12.4. The highest BCUT2D eigenvalue weighted by molar-refractivity contribution is 6.07. The average molecular weight is 655 g/mol. The summed E-state index contributed by atoms with van der Waals surface area (Å²) in [6, 6.07) is 11.1. The maximum atomic E-state index is 15.0. The average Bonchev–Trinajstić information content (AvgIpc) is 3.68. The molecule has 0 unspecified atom stereocenters.